The van der Waals surface area contributed by atoms with Crippen molar-refractivity contribution >= 4 is 11.7 Å². The molecule has 194 valence electrons. The van der Waals surface area contributed by atoms with Crippen LogP contribution in [0.25, 0.3) is 0 Å². The van der Waals surface area contributed by atoms with E-state index in [1.165, 1.54) is 27.6 Å². The maximum absolute atomic E-state index is 14.0. The van der Waals surface area contributed by atoms with Gasteiger partial charge >= 0.3 is 0 Å². The summed E-state index contributed by atoms with van der Waals surface area (Å²) >= 11 is 0. The molecule has 0 aliphatic carbocycles. The summed E-state index contributed by atoms with van der Waals surface area (Å²) in [5, 5.41) is 36.1. The summed E-state index contributed by atoms with van der Waals surface area (Å²) in [4.78, 5) is 13.3. The number of carbonyl (C=O) groups is 1. The number of ether oxygens (including phenoxy) is 2. The van der Waals surface area contributed by atoms with E-state index < -0.39 is 42.0 Å². The van der Waals surface area contributed by atoms with E-state index in [-0.39, 0.29) is 29.9 Å². The Morgan fingerprint density at radius 2 is 1.97 bits per heavy atom. The zero-order valence-corrected chi connectivity index (χ0v) is 19.4. The fourth-order valence-electron chi connectivity index (χ4n) is 4.10. The first-order valence-corrected chi connectivity index (χ1v) is 11.6. The number of amides is 1. The molecule has 0 spiro atoms. The van der Waals surface area contributed by atoms with Crippen molar-refractivity contribution in [1.29, 1.82) is 0 Å². The highest BCUT2D eigenvalue weighted by molar-refractivity contribution is 5.93. The van der Waals surface area contributed by atoms with Crippen molar-refractivity contribution in [2.75, 3.05) is 25.1 Å². The first-order valence-electron chi connectivity index (χ1n) is 11.6. The van der Waals surface area contributed by atoms with E-state index in [9.17, 15) is 23.8 Å². The Balaban J connectivity index is 1.56. The van der Waals surface area contributed by atoms with E-state index in [1.54, 1.807) is 12.3 Å². The van der Waals surface area contributed by atoms with Gasteiger partial charge in [-0.05, 0) is 37.3 Å². The van der Waals surface area contributed by atoms with Crippen molar-refractivity contribution in [3.05, 3.63) is 54.4 Å². The molecule has 1 fully saturated rings. The minimum Gasteiger partial charge on any atom is -0.494 e. The highest BCUT2D eigenvalue weighted by atomic mass is 19.1. The van der Waals surface area contributed by atoms with Gasteiger partial charge in [0.25, 0.3) is 0 Å². The molecular weight excluding hydrogens is 478 g/mol. The molecule has 12 heteroatoms. The molecule has 1 aliphatic rings. The molecule has 3 heterocycles. The Morgan fingerprint density at radius 3 is 2.67 bits per heavy atom. The number of hydrogen-bond donors (Lipinski definition) is 4. The van der Waals surface area contributed by atoms with E-state index in [0.717, 1.165) is 25.0 Å². The van der Waals surface area contributed by atoms with Crippen LogP contribution in [0.1, 0.15) is 25.3 Å². The summed E-state index contributed by atoms with van der Waals surface area (Å²) in [5.41, 5.74) is 0. The average Bonchev–Trinajstić information content (AvgIpc) is 3.45. The number of para-hydroxylation sites is 1. The van der Waals surface area contributed by atoms with Gasteiger partial charge in [0.05, 0.1) is 25.5 Å². The summed E-state index contributed by atoms with van der Waals surface area (Å²) < 4.78 is 41.5. The molecule has 1 aromatic carbocycles. The molecule has 2 aromatic heterocycles. The quantitative estimate of drug-likeness (QED) is 0.333. The summed E-state index contributed by atoms with van der Waals surface area (Å²) in [7, 11) is 0. The number of anilines is 1. The molecule has 1 amide bonds. The van der Waals surface area contributed by atoms with Crippen LogP contribution in [0.4, 0.5) is 14.6 Å². The van der Waals surface area contributed by atoms with Crippen LogP contribution in [0, 0.1) is 17.6 Å². The van der Waals surface area contributed by atoms with Gasteiger partial charge in [0.15, 0.2) is 29.1 Å². The molecule has 1 unspecified atom stereocenters. The van der Waals surface area contributed by atoms with Crippen LogP contribution in [0.15, 0.2) is 42.7 Å². The zero-order valence-electron chi connectivity index (χ0n) is 19.4. The number of rotatable bonds is 10. The van der Waals surface area contributed by atoms with Gasteiger partial charge < -0.3 is 34.7 Å². The molecular formula is C24H28F2N4O6. The SMILES string of the molecule is O=C(Nc1ccn(C[C@@H](O)CO)n1)C(CC1CCOCC1)n1cc(Oc2c(F)cccc2F)cc1O. The van der Waals surface area contributed by atoms with Gasteiger partial charge in [-0.2, -0.15) is 5.10 Å². The van der Waals surface area contributed by atoms with Gasteiger partial charge in [-0.1, -0.05) is 6.07 Å². The molecule has 1 aliphatic heterocycles. The molecule has 0 saturated carbocycles. The van der Waals surface area contributed by atoms with Gasteiger partial charge in [0, 0.05) is 31.5 Å². The van der Waals surface area contributed by atoms with E-state index >= 15 is 0 Å². The number of aliphatic hydroxyl groups is 2. The minimum absolute atomic E-state index is 0.0384. The number of carbonyl (C=O) groups excluding carboxylic acids is 1. The lowest BCUT2D eigenvalue weighted by Crippen LogP contribution is -2.29. The standard InChI is InChI=1S/C24H28F2N4O6/c25-18-2-1-3-19(26)23(18)36-17-11-22(33)30(13-17)20(10-15-5-8-35-9-6-15)24(34)27-21-4-7-29(28-21)12-16(32)14-31/h1-4,7,11,13,15-16,20,31-33H,5-6,8-10,12,14H2,(H,27,28,34)/t16-,20?/m1/s1. The fourth-order valence-corrected chi connectivity index (χ4v) is 4.10. The first-order chi connectivity index (χ1) is 17.3. The highest BCUT2D eigenvalue weighted by Gasteiger charge is 2.29. The zero-order chi connectivity index (χ0) is 25.7. The van der Waals surface area contributed by atoms with Gasteiger partial charge in [-0.3, -0.25) is 9.48 Å². The highest BCUT2D eigenvalue weighted by Crippen LogP contribution is 2.35. The van der Waals surface area contributed by atoms with Gasteiger partial charge in [-0.25, -0.2) is 8.78 Å². The van der Waals surface area contributed by atoms with E-state index in [0.29, 0.717) is 19.6 Å². The van der Waals surface area contributed by atoms with Crippen LogP contribution in [-0.2, 0) is 16.1 Å². The number of benzene rings is 1. The Labute approximate surface area is 205 Å². The van der Waals surface area contributed by atoms with Crippen LogP contribution in [0.2, 0.25) is 0 Å². The lowest BCUT2D eigenvalue weighted by molar-refractivity contribution is -0.120. The molecule has 2 atom stereocenters. The van der Waals surface area contributed by atoms with Crippen molar-refractivity contribution in [2.45, 2.75) is 38.0 Å². The lowest BCUT2D eigenvalue weighted by atomic mass is 9.92. The number of aliphatic hydroxyl groups excluding tert-OH is 2. The van der Waals surface area contributed by atoms with Crippen LogP contribution >= 0.6 is 0 Å². The van der Waals surface area contributed by atoms with Gasteiger partial charge in [0.2, 0.25) is 5.91 Å². The number of aromatic hydroxyl groups is 1. The van der Waals surface area contributed by atoms with Gasteiger partial charge in [0.1, 0.15) is 11.8 Å². The monoisotopic (exact) mass is 506 g/mol. The van der Waals surface area contributed by atoms with Crippen molar-refractivity contribution in [2.24, 2.45) is 5.92 Å². The molecule has 4 N–H and O–H groups in total. The van der Waals surface area contributed by atoms with Crippen molar-refractivity contribution in [3.8, 4) is 17.4 Å². The maximum atomic E-state index is 14.0. The second-order valence-electron chi connectivity index (χ2n) is 8.65. The molecule has 36 heavy (non-hydrogen) atoms. The molecule has 4 rings (SSSR count). The van der Waals surface area contributed by atoms with Crippen LogP contribution in [0.3, 0.4) is 0 Å². The van der Waals surface area contributed by atoms with E-state index in [4.69, 9.17) is 14.6 Å². The first kappa shape index (κ1) is 25.6. The fraction of sp³-hybridized carbons (Fsp3) is 0.417. The van der Waals surface area contributed by atoms with Crippen molar-refractivity contribution in [1.82, 2.24) is 14.3 Å². The van der Waals surface area contributed by atoms with E-state index in [1.807, 2.05) is 0 Å². The van der Waals surface area contributed by atoms with Crippen molar-refractivity contribution in [3.63, 3.8) is 0 Å². The van der Waals surface area contributed by atoms with Crippen molar-refractivity contribution < 1.29 is 38.4 Å². The Hall–Kier alpha value is -3.48. The van der Waals surface area contributed by atoms with Gasteiger partial charge in [-0.15, -0.1) is 0 Å². The van der Waals surface area contributed by atoms with Crippen LogP contribution in [-0.4, -0.2) is 61.5 Å². The smallest absolute Gasteiger partial charge is 0.248 e. The molecule has 10 nitrogen and oxygen atoms in total. The average molecular weight is 507 g/mol. The Bertz CT molecular complexity index is 1160. The lowest BCUT2D eigenvalue weighted by Gasteiger charge is -2.27. The van der Waals surface area contributed by atoms with E-state index in [2.05, 4.69) is 10.4 Å². The molecule has 0 bridgehead atoms. The predicted octanol–water partition coefficient (Wildman–Crippen LogP) is 2.81. The molecule has 3 aromatic rings. The second kappa shape index (κ2) is 11.5. The molecule has 1 saturated heterocycles. The number of halogens is 2. The third-order valence-corrected chi connectivity index (χ3v) is 5.98. The Morgan fingerprint density at radius 1 is 1.25 bits per heavy atom. The number of nitrogens with zero attached hydrogens (tertiary/aromatic N) is 3. The minimum atomic E-state index is -0.996. The topological polar surface area (TPSA) is 131 Å². The second-order valence-corrected chi connectivity index (χ2v) is 8.65. The third kappa shape index (κ3) is 6.20. The number of aromatic nitrogens is 3. The van der Waals surface area contributed by atoms with Crippen LogP contribution in [0.5, 0.6) is 17.4 Å². The third-order valence-electron chi connectivity index (χ3n) is 5.98. The normalized spacial score (nSPS) is 16.0. The number of hydrogen-bond acceptors (Lipinski definition) is 7. The van der Waals surface area contributed by atoms with Crippen LogP contribution < -0.4 is 10.1 Å². The summed E-state index contributed by atoms with van der Waals surface area (Å²) in [6, 6.07) is 5.15. The molecule has 0 radical (unpaired) electrons. The maximum Gasteiger partial charge on any atom is 0.248 e. The number of nitrogens with one attached hydrogen (secondary N) is 1. The Kier molecular flexibility index (Phi) is 8.18. The largest absolute Gasteiger partial charge is 0.494 e. The summed E-state index contributed by atoms with van der Waals surface area (Å²) in [6.07, 6.45) is 3.72. The summed E-state index contributed by atoms with van der Waals surface area (Å²) in [6.45, 7) is 0.747. The predicted molar refractivity (Wildman–Crippen MR) is 124 cm³/mol. The summed E-state index contributed by atoms with van der Waals surface area (Å²) in [5.74, 6) is -2.88.